The summed E-state index contributed by atoms with van der Waals surface area (Å²) in [6.07, 6.45) is 0. The van der Waals surface area contributed by atoms with Crippen molar-refractivity contribution in [3.05, 3.63) is 243 Å². The molecule has 10 aromatic carbocycles. The zero-order chi connectivity index (χ0) is 41.0. The highest BCUT2D eigenvalue weighted by molar-refractivity contribution is 6.17. The molecule has 2 aromatic heterocycles. The Bertz CT molecular complexity index is 3560. The van der Waals surface area contributed by atoms with Crippen molar-refractivity contribution in [3.63, 3.8) is 0 Å². The summed E-state index contributed by atoms with van der Waals surface area (Å²) in [4.78, 5) is 0. The van der Waals surface area contributed by atoms with E-state index in [1.165, 1.54) is 99.2 Å². The summed E-state index contributed by atoms with van der Waals surface area (Å²) >= 11 is 0. The average molecular weight is 789 g/mol. The lowest BCUT2D eigenvalue weighted by Gasteiger charge is -2.11. The predicted molar refractivity (Wildman–Crippen MR) is 262 cm³/mol. The Kier molecular flexibility index (Phi) is 8.53. The van der Waals surface area contributed by atoms with Crippen molar-refractivity contribution in [2.45, 2.75) is 0 Å². The van der Waals surface area contributed by atoms with Crippen LogP contribution in [0.15, 0.2) is 243 Å². The maximum absolute atomic E-state index is 2.43. The number of hydrogen-bond donors (Lipinski definition) is 0. The molecule has 62 heavy (non-hydrogen) atoms. The van der Waals surface area contributed by atoms with Crippen LogP contribution < -0.4 is 0 Å². The quantitative estimate of drug-likeness (QED) is 0.152. The number of rotatable bonds is 7. The molecule has 0 fully saturated rings. The first-order chi connectivity index (χ1) is 30.7. The lowest BCUT2D eigenvalue weighted by Crippen LogP contribution is -1.94. The Morgan fingerprint density at radius 3 is 1.13 bits per heavy atom. The van der Waals surface area contributed by atoms with Crippen LogP contribution in [-0.4, -0.2) is 9.13 Å². The molecule has 0 bridgehead atoms. The summed E-state index contributed by atoms with van der Waals surface area (Å²) in [7, 11) is 0. The van der Waals surface area contributed by atoms with E-state index in [2.05, 4.69) is 252 Å². The minimum atomic E-state index is 1.14. The SMILES string of the molecule is c1ccc(-c2ccc(-c3ccc(-n4c5ccc(-c6ccc7c(c6)c6ccccc6n7-c6ccc(-c7ccccc7)cc6)cc5c5c(-c6ccccc6)cccc54)cc3)cc2)cc1. The van der Waals surface area contributed by atoms with E-state index in [0.717, 1.165) is 11.4 Å². The first-order valence-electron chi connectivity index (χ1n) is 21.3. The van der Waals surface area contributed by atoms with Gasteiger partial charge < -0.3 is 9.13 Å². The molecule has 0 unspecified atom stereocenters. The minimum Gasteiger partial charge on any atom is -0.309 e. The molecule has 0 saturated carbocycles. The first kappa shape index (κ1) is 35.7. The van der Waals surface area contributed by atoms with E-state index in [0.29, 0.717) is 0 Å². The van der Waals surface area contributed by atoms with Crippen molar-refractivity contribution < 1.29 is 0 Å². The van der Waals surface area contributed by atoms with E-state index in [1.807, 2.05) is 0 Å². The zero-order valence-corrected chi connectivity index (χ0v) is 34.0. The number of nitrogens with zero attached hydrogens (tertiary/aromatic N) is 2. The van der Waals surface area contributed by atoms with Crippen LogP contribution in [0.5, 0.6) is 0 Å². The van der Waals surface area contributed by atoms with Gasteiger partial charge in [-0.1, -0.05) is 182 Å². The monoisotopic (exact) mass is 788 g/mol. The van der Waals surface area contributed by atoms with Gasteiger partial charge in [-0.2, -0.15) is 0 Å². The van der Waals surface area contributed by atoms with E-state index in [9.17, 15) is 0 Å². The van der Waals surface area contributed by atoms with Gasteiger partial charge in [0.15, 0.2) is 0 Å². The molecular formula is C60H40N2. The van der Waals surface area contributed by atoms with Gasteiger partial charge in [-0.05, 0) is 116 Å². The van der Waals surface area contributed by atoms with Crippen LogP contribution in [0.25, 0.3) is 111 Å². The average Bonchev–Trinajstić information content (AvgIpc) is 3.87. The van der Waals surface area contributed by atoms with Crippen molar-refractivity contribution in [2.75, 3.05) is 0 Å². The van der Waals surface area contributed by atoms with E-state index in [-0.39, 0.29) is 0 Å². The van der Waals surface area contributed by atoms with E-state index < -0.39 is 0 Å². The lowest BCUT2D eigenvalue weighted by atomic mass is 9.97. The van der Waals surface area contributed by atoms with E-state index >= 15 is 0 Å². The molecule has 12 aromatic rings. The first-order valence-corrected chi connectivity index (χ1v) is 21.3. The summed E-state index contributed by atoms with van der Waals surface area (Å²) in [5.41, 5.74) is 19.2. The number of para-hydroxylation sites is 1. The maximum Gasteiger partial charge on any atom is 0.0547 e. The third-order valence-corrected chi connectivity index (χ3v) is 12.6. The molecule has 2 heteroatoms. The Morgan fingerprint density at radius 1 is 0.210 bits per heavy atom. The molecule has 0 aliphatic rings. The highest BCUT2D eigenvalue weighted by Gasteiger charge is 2.19. The molecule has 0 aliphatic carbocycles. The van der Waals surface area contributed by atoms with Crippen LogP contribution >= 0.6 is 0 Å². The summed E-state index contributed by atoms with van der Waals surface area (Å²) in [6, 6.07) is 88.3. The minimum absolute atomic E-state index is 1.14. The van der Waals surface area contributed by atoms with Crippen LogP contribution in [0.4, 0.5) is 0 Å². The Hall–Kier alpha value is -8.20. The standard InChI is InChI=1S/C60H40N2/c1-4-13-41(14-5-1)43-23-25-44(26-24-43)46-29-35-51(36-30-46)62-58-38-32-49(40-55(58)60-52(20-12-22-59(60)62)47-17-8-3-9-18-47)48-31-37-57-54(39-48)53-19-10-11-21-56(53)61(57)50-33-27-45(28-34-50)42-15-6-2-7-16-42/h1-40H. The van der Waals surface area contributed by atoms with Crippen LogP contribution in [0, 0.1) is 0 Å². The van der Waals surface area contributed by atoms with E-state index in [1.54, 1.807) is 0 Å². The van der Waals surface area contributed by atoms with Crippen LogP contribution in [0.2, 0.25) is 0 Å². The second-order valence-corrected chi connectivity index (χ2v) is 16.1. The summed E-state index contributed by atoms with van der Waals surface area (Å²) in [5.74, 6) is 0. The molecule has 0 spiro atoms. The molecule has 290 valence electrons. The fourth-order valence-electron chi connectivity index (χ4n) is 9.54. The second-order valence-electron chi connectivity index (χ2n) is 16.1. The molecule has 2 nitrogen and oxygen atoms in total. The molecule has 0 N–H and O–H groups in total. The highest BCUT2D eigenvalue weighted by Crippen LogP contribution is 2.42. The van der Waals surface area contributed by atoms with Gasteiger partial charge >= 0.3 is 0 Å². The third kappa shape index (κ3) is 6.04. The fourth-order valence-corrected chi connectivity index (χ4v) is 9.54. The van der Waals surface area contributed by atoms with Gasteiger partial charge in [0, 0.05) is 32.9 Å². The zero-order valence-electron chi connectivity index (χ0n) is 34.0. The maximum atomic E-state index is 2.43. The van der Waals surface area contributed by atoms with Crippen LogP contribution in [0.3, 0.4) is 0 Å². The van der Waals surface area contributed by atoms with Gasteiger partial charge in [-0.25, -0.2) is 0 Å². The number of fused-ring (bicyclic) bond motifs is 6. The normalized spacial score (nSPS) is 11.5. The summed E-state index contributed by atoms with van der Waals surface area (Å²) < 4.78 is 4.83. The Labute approximate surface area is 360 Å². The summed E-state index contributed by atoms with van der Waals surface area (Å²) in [5, 5.41) is 4.98. The van der Waals surface area contributed by atoms with Gasteiger partial charge in [0.2, 0.25) is 0 Å². The van der Waals surface area contributed by atoms with Crippen molar-refractivity contribution >= 4 is 43.6 Å². The third-order valence-electron chi connectivity index (χ3n) is 12.6. The lowest BCUT2D eigenvalue weighted by molar-refractivity contribution is 1.18. The predicted octanol–water partition coefficient (Wildman–Crippen LogP) is 16.2. The van der Waals surface area contributed by atoms with Gasteiger partial charge in [0.1, 0.15) is 0 Å². The van der Waals surface area contributed by atoms with Gasteiger partial charge in [0.05, 0.1) is 22.1 Å². The number of benzene rings is 10. The van der Waals surface area contributed by atoms with Gasteiger partial charge in [-0.15, -0.1) is 0 Å². The summed E-state index contributed by atoms with van der Waals surface area (Å²) in [6.45, 7) is 0. The Balaban J connectivity index is 0.975. The second kappa shape index (κ2) is 14.8. The largest absolute Gasteiger partial charge is 0.309 e. The van der Waals surface area contributed by atoms with Gasteiger partial charge in [0.25, 0.3) is 0 Å². The molecular weight excluding hydrogens is 749 g/mol. The van der Waals surface area contributed by atoms with Crippen molar-refractivity contribution in [1.82, 2.24) is 9.13 Å². The highest BCUT2D eigenvalue weighted by atomic mass is 15.0. The van der Waals surface area contributed by atoms with Crippen LogP contribution in [0.1, 0.15) is 0 Å². The smallest absolute Gasteiger partial charge is 0.0547 e. The fraction of sp³-hybridized carbons (Fsp3) is 0. The molecule has 0 amide bonds. The van der Waals surface area contributed by atoms with Crippen molar-refractivity contribution in [3.8, 4) is 67.0 Å². The van der Waals surface area contributed by atoms with Crippen molar-refractivity contribution in [1.29, 1.82) is 0 Å². The molecule has 0 saturated heterocycles. The molecule has 0 radical (unpaired) electrons. The van der Waals surface area contributed by atoms with Crippen LogP contribution in [-0.2, 0) is 0 Å². The molecule has 0 aliphatic heterocycles. The van der Waals surface area contributed by atoms with E-state index in [4.69, 9.17) is 0 Å². The van der Waals surface area contributed by atoms with Crippen molar-refractivity contribution in [2.24, 2.45) is 0 Å². The topological polar surface area (TPSA) is 9.86 Å². The molecule has 2 heterocycles. The molecule has 0 atom stereocenters. The molecule has 12 rings (SSSR count). The Morgan fingerprint density at radius 2 is 0.581 bits per heavy atom. The number of aromatic nitrogens is 2. The van der Waals surface area contributed by atoms with Gasteiger partial charge in [-0.3, -0.25) is 0 Å². The number of hydrogen-bond acceptors (Lipinski definition) is 0.